The normalized spacial score (nSPS) is 10.3. The van der Waals surface area contributed by atoms with Crippen LogP contribution in [-0.4, -0.2) is 28.0 Å². The van der Waals surface area contributed by atoms with Gasteiger partial charge in [-0.2, -0.15) is 5.10 Å². The van der Waals surface area contributed by atoms with E-state index in [1.54, 1.807) is 29.1 Å². The van der Waals surface area contributed by atoms with Crippen LogP contribution in [0.5, 0.6) is 5.75 Å². The standard InChI is InChI=1S/C11H14N4O/c12-5-6-13-9-7-14-15(8-9)10-3-1-2-4-11(10)16/h1-4,7-8,13,16H,5-6,12H2. The minimum absolute atomic E-state index is 0.205. The highest BCUT2D eigenvalue weighted by Gasteiger charge is 2.03. The zero-order valence-electron chi connectivity index (χ0n) is 8.80. The van der Waals surface area contributed by atoms with Gasteiger partial charge in [0.25, 0.3) is 0 Å². The van der Waals surface area contributed by atoms with Crippen molar-refractivity contribution in [2.45, 2.75) is 0 Å². The fourth-order valence-electron chi connectivity index (χ4n) is 1.42. The molecule has 0 atom stereocenters. The minimum atomic E-state index is 0.205. The summed E-state index contributed by atoms with van der Waals surface area (Å²) in [5.41, 5.74) is 6.93. The van der Waals surface area contributed by atoms with Crippen LogP contribution in [0.25, 0.3) is 5.69 Å². The Morgan fingerprint density at radius 3 is 2.94 bits per heavy atom. The van der Waals surface area contributed by atoms with E-state index in [4.69, 9.17) is 5.73 Å². The highest BCUT2D eigenvalue weighted by molar-refractivity contribution is 5.48. The Bertz CT molecular complexity index is 467. The van der Waals surface area contributed by atoms with Gasteiger partial charge in [0.15, 0.2) is 0 Å². The molecule has 0 radical (unpaired) electrons. The molecule has 0 amide bonds. The van der Waals surface area contributed by atoms with Gasteiger partial charge in [-0.1, -0.05) is 12.1 Å². The lowest BCUT2D eigenvalue weighted by molar-refractivity contribution is 0.470. The van der Waals surface area contributed by atoms with Crippen molar-refractivity contribution >= 4 is 5.69 Å². The number of nitrogens with two attached hydrogens (primary N) is 1. The van der Waals surface area contributed by atoms with Crippen LogP contribution in [0.3, 0.4) is 0 Å². The SMILES string of the molecule is NCCNc1cnn(-c2ccccc2O)c1. The predicted molar refractivity (Wildman–Crippen MR) is 62.8 cm³/mol. The Labute approximate surface area is 93.5 Å². The van der Waals surface area contributed by atoms with E-state index in [-0.39, 0.29) is 5.75 Å². The maximum atomic E-state index is 9.65. The van der Waals surface area contributed by atoms with Crippen LogP contribution in [-0.2, 0) is 0 Å². The lowest BCUT2D eigenvalue weighted by Crippen LogP contribution is -2.12. The lowest BCUT2D eigenvalue weighted by Gasteiger charge is -2.03. The van der Waals surface area contributed by atoms with E-state index in [2.05, 4.69) is 10.4 Å². The van der Waals surface area contributed by atoms with Crippen molar-refractivity contribution < 1.29 is 5.11 Å². The first-order chi connectivity index (χ1) is 7.81. The van der Waals surface area contributed by atoms with Gasteiger partial charge in [0.05, 0.1) is 18.1 Å². The van der Waals surface area contributed by atoms with Crippen LogP contribution in [0.4, 0.5) is 5.69 Å². The summed E-state index contributed by atoms with van der Waals surface area (Å²) in [6, 6.07) is 7.05. The second-order valence-corrected chi connectivity index (χ2v) is 3.38. The van der Waals surface area contributed by atoms with Gasteiger partial charge in [-0.25, -0.2) is 4.68 Å². The third-order valence-electron chi connectivity index (χ3n) is 2.18. The number of aromatic hydroxyl groups is 1. The number of hydrogen-bond donors (Lipinski definition) is 3. The lowest BCUT2D eigenvalue weighted by atomic mass is 10.3. The Morgan fingerprint density at radius 1 is 1.38 bits per heavy atom. The van der Waals surface area contributed by atoms with E-state index in [0.29, 0.717) is 18.8 Å². The van der Waals surface area contributed by atoms with Gasteiger partial charge >= 0.3 is 0 Å². The first kappa shape index (κ1) is 10.5. The maximum Gasteiger partial charge on any atom is 0.141 e. The van der Waals surface area contributed by atoms with E-state index in [1.165, 1.54) is 0 Å². The average Bonchev–Trinajstić information content (AvgIpc) is 2.75. The third kappa shape index (κ3) is 2.14. The van der Waals surface area contributed by atoms with Gasteiger partial charge in [-0.15, -0.1) is 0 Å². The van der Waals surface area contributed by atoms with Gasteiger partial charge in [-0.3, -0.25) is 0 Å². The molecule has 2 rings (SSSR count). The first-order valence-corrected chi connectivity index (χ1v) is 5.08. The Morgan fingerprint density at radius 2 is 2.19 bits per heavy atom. The van der Waals surface area contributed by atoms with Gasteiger partial charge in [0.1, 0.15) is 11.4 Å². The number of benzene rings is 1. The number of hydrogen-bond acceptors (Lipinski definition) is 4. The third-order valence-corrected chi connectivity index (χ3v) is 2.18. The number of nitrogens with one attached hydrogen (secondary N) is 1. The number of phenolic OH excluding ortho intramolecular Hbond substituents is 1. The van der Waals surface area contributed by atoms with Crippen molar-refractivity contribution in [1.82, 2.24) is 9.78 Å². The largest absolute Gasteiger partial charge is 0.506 e. The first-order valence-electron chi connectivity index (χ1n) is 5.08. The summed E-state index contributed by atoms with van der Waals surface area (Å²) < 4.78 is 1.62. The zero-order chi connectivity index (χ0) is 11.4. The van der Waals surface area contributed by atoms with Crippen LogP contribution in [0.2, 0.25) is 0 Å². The fourth-order valence-corrected chi connectivity index (χ4v) is 1.42. The highest BCUT2D eigenvalue weighted by Crippen LogP contribution is 2.20. The molecule has 0 saturated heterocycles. The van der Waals surface area contributed by atoms with Crippen LogP contribution < -0.4 is 11.1 Å². The number of anilines is 1. The molecular weight excluding hydrogens is 204 g/mol. The molecule has 16 heavy (non-hydrogen) atoms. The molecule has 5 nitrogen and oxygen atoms in total. The molecular formula is C11H14N4O. The second kappa shape index (κ2) is 4.67. The molecule has 1 aromatic carbocycles. The van der Waals surface area contributed by atoms with Gasteiger partial charge in [-0.05, 0) is 12.1 Å². The Kier molecular flexibility index (Phi) is 3.07. The van der Waals surface area contributed by atoms with Gasteiger partial charge < -0.3 is 16.2 Å². The number of phenols is 1. The van der Waals surface area contributed by atoms with Crippen molar-refractivity contribution in [2.24, 2.45) is 5.73 Å². The van der Waals surface area contributed by atoms with Gasteiger partial charge in [0, 0.05) is 13.1 Å². The molecule has 0 spiro atoms. The quantitative estimate of drug-likeness (QED) is 0.714. The molecule has 2 aromatic rings. The van der Waals surface area contributed by atoms with Crippen molar-refractivity contribution in [3.63, 3.8) is 0 Å². The van der Waals surface area contributed by atoms with Crippen molar-refractivity contribution in [1.29, 1.82) is 0 Å². The minimum Gasteiger partial charge on any atom is -0.506 e. The van der Waals surface area contributed by atoms with E-state index in [0.717, 1.165) is 5.69 Å². The van der Waals surface area contributed by atoms with Crippen LogP contribution >= 0.6 is 0 Å². The van der Waals surface area contributed by atoms with Crippen molar-refractivity contribution in [2.75, 3.05) is 18.4 Å². The van der Waals surface area contributed by atoms with Crippen LogP contribution in [0.15, 0.2) is 36.7 Å². The summed E-state index contributed by atoms with van der Waals surface area (Å²) in [5.74, 6) is 0.205. The smallest absolute Gasteiger partial charge is 0.141 e. The molecule has 4 N–H and O–H groups in total. The molecule has 0 aliphatic rings. The molecule has 0 unspecified atom stereocenters. The molecule has 5 heteroatoms. The summed E-state index contributed by atoms with van der Waals surface area (Å²) in [7, 11) is 0. The maximum absolute atomic E-state index is 9.65. The summed E-state index contributed by atoms with van der Waals surface area (Å²) in [4.78, 5) is 0. The summed E-state index contributed by atoms with van der Waals surface area (Å²) in [5, 5.41) is 16.9. The molecule has 0 fully saturated rings. The number of nitrogens with zero attached hydrogens (tertiary/aromatic N) is 2. The molecule has 1 heterocycles. The van der Waals surface area contributed by atoms with Crippen molar-refractivity contribution in [3.05, 3.63) is 36.7 Å². The van der Waals surface area contributed by atoms with Crippen LogP contribution in [0.1, 0.15) is 0 Å². The van der Waals surface area contributed by atoms with E-state index in [1.807, 2.05) is 12.3 Å². The molecule has 0 saturated carbocycles. The van der Waals surface area contributed by atoms with E-state index >= 15 is 0 Å². The van der Waals surface area contributed by atoms with E-state index < -0.39 is 0 Å². The molecule has 0 aliphatic heterocycles. The number of para-hydroxylation sites is 2. The topological polar surface area (TPSA) is 76.1 Å². The molecule has 84 valence electrons. The second-order valence-electron chi connectivity index (χ2n) is 3.38. The Hall–Kier alpha value is -2.01. The summed E-state index contributed by atoms with van der Waals surface area (Å²) >= 11 is 0. The highest BCUT2D eigenvalue weighted by atomic mass is 16.3. The fraction of sp³-hybridized carbons (Fsp3) is 0.182. The average molecular weight is 218 g/mol. The summed E-state index contributed by atoms with van der Waals surface area (Å²) in [6.07, 6.45) is 3.51. The summed E-state index contributed by atoms with van der Waals surface area (Å²) in [6.45, 7) is 1.27. The monoisotopic (exact) mass is 218 g/mol. The Balaban J connectivity index is 2.22. The number of rotatable bonds is 4. The molecule has 1 aromatic heterocycles. The molecule has 0 bridgehead atoms. The van der Waals surface area contributed by atoms with Crippen molar-refractivity contribution in [3.8, 4) is 11.4 Å². The van der Waals surface area contributed by atoms with Crippen LogP contribution in [0, 0.1) is 0 Å². The number of aromatic nitrogens is 2. The predicted octanol–water partition coefficient (Wildman–Crippen LogP) is 0.948. The zero-order valence-corrected chi connectivity index (χ0v) is 8.80. The van der Waals surface area contributed by atoms with Gasteiger partial charge in [0.2, 0.25) is 0 Å². The van der Waals surface area contributed by atoms with E-state index in [9.17, 15) is 5.11 Å². The molecule has 0 aliphatic carbocycles.